The second kappa shape index (κ2) is 6.32. The minimum absolute atomic E-state index is 0.242. The molecule has 0 aliphatic rings. The number of benzene rings is 1. The summed E-state index contributed by atoms with van der Waals surface area (Å²) in [5, 5.41) is 9.73. The maximum Gasteiger partial charge on any atom is 0.363 e. The molecule has 2 N–H and O–H groups in total. The first-order valence-corrected chi connectivity index (χ1v) is 5.66. The number of nitrogens with one attached hydrogen (secondary N) is 2. The molecule has 0 spiro atoms. The van der Waals surface area contributed by atoms with Gasteiger partial charge < -0.3 is 9.47 Å². The number of aromatic amines is 1. The molecule has 0 radical (unpaired) electrons. The lowest BCUT2D eigenvalue weighted by atomic mass is 10.2. The smallest absolute Gasteiger partial charge is 0.363 e. The number of nitrogens with zero attached hydrogens (tertiary/aromatic N) is 3. The lowest BCUT2D eigenvalue weighted by Crippen LogP contribution is -2.13. The van der Waals surface area contributed by atoms with E-state index in [1.54, 1.807) is 20.3 Å². The van der Waals surface area contributed by atoms with Crippen LogP contribution in [0.3, 0.4) is 0 Å². The molecular weight excluding hydrogens is 262 g/mol. The molecule has 1 heterocycles. The topological polar surface area (TPSA) is 101 Å². The summed E-state index contributed by atoms with van der Waals surface area (Å²) in [6, 6.07) is 5.41. The predicted octanol–water partition coefficient (Wildman–Crippen LogP) is 0.628. The van der Waals surface area contributed by atoms with Crippen molar-refractivity contribution < 1.29 is 9.47 Å². The van der Waals surface area contributed by atoms with Crippen molar-refractivity contribution in [2.24, 2.45) is 5.10 Å². The van der Waals surface area contributed by atoms with E-state index in [9.17, 15) is 4.79 Å². The number of para-hydroxylation sites is 1. The highest BCUT2D eigenvalue weighted by molar-refractivity contribution is 5.85. The molecule has 0 bridgehead atoms. The van der Waals surface area contributed by atoms with Gasteiger partial charge in [-0.25, -0.2) is 9.89 Å². The van der Waals surface area contributed by atoms with Gasteiger partial charge in [0.1, 0.15) is 0 Å². The molecule has 8 heteroatoms. The van der Waals surface area contributed by atoms with Gasteiger partial charge >= 0.3 is 5.69 Å². The second-order valence-electron chi connectivity index (χ2n) is 3.62. The molecule has 1 aromatic heterocycles. The van der Waals surface area contributed by atoms with Crippen molar-refractivity contribution in [3.63, 3.8) is 0 Å². The van der Waals surface area contributed by atoms with Crippen LogP contribution in [-0.2, 0) is 0 Å². The largest absolute Gasteiger partial charge is 0.493 e. The lowest BCUT2D eigenvalue weighted by molar-refractivity contribution is 0.354. The summed E-state index contributed by atoms with van der Waals surface area (Å²) in [5.41, 5.74) is 2.77. The van der Waals surface area contributed by atoms with Crippen molar-refractivity contribution in [2.75, 3.05) is 19.6 Å². The summed E-state index contributed by atoms with van der Waals surface area (Å²) in [7, 11) is 3.10. The Kier molecular flexibility index (Phi) is 4.28. The van der Waals surface area contributed by atoms with E-state index in [0.29, 0.717) is 11.5 Å². The molecule has 2 rings (SSSR count). The van der Waals surface area contributed by atoms with Gasteiger partial charge in [-0.15, -0.1) is 0 Å². The summed E-state index contributed by atoms with van der Waals surface area (Å²) in [6.45, 7) is 0. The molecule has 1 aromatic carbocycles. The highest BCUT2D eigenvalue weighted by Gasteiger charge is 2.07. The summed E-state index contributed by atoms with van der Waals surface area (Å²) in [4.78, 5) is 14.6. The molecule has 8 nitrogen and oxygen atoms in total. The van der Waals surface area contributed by atoms with Crippen LogP contribution >= 0.6 is 0 Å². The van der Waals surface area contributed by atoms with Crippen LogP contribution in [0.2, 0.25) is 0 Å². The fourth-order valence-electron chi connectivity index (χ4n) is 1.55. The molecule has 0 aliphatic carbocycles. The molecule has 20 heavy (non-hydrogen) atoms. The predicted molar refractivity (Wildman–Crippen MR) is 73.4 cm³/mol. The maximum atomic E-state index is 10.9. The van der Waals surface area contributed by atoms with Gasteiger partial charge in [0.15, 0.2) is 17.3 Å². The van der Waals surface area contributed by atoms with Crippen LogP contribution in [0, 0.1) is 0 Å². The van der Waals surface area contributed by atoms with E-state index >= 15 is 0 Å². The Balaban J connectivity index is 2.17. The molecule has 2 aromatic rings. The quantitative estimate of drug-likeness (QED) is 0.613. The molecule has 0 atom stereocenters. The molecule has 0 unspecified atom stereocenters. The van der Waals surface area contributed by atoms with Crippen LogP contribution in [-0.4, -0.2) is 35.6 Å². The lowest BCUT2D eigenvalue weighted by Gasteiger charge is -2.09. The number of hydrogen-bond acceptors (Lipinski definition) is 7. The van der Waals surface area contributed by atoms with Gasteiger partial charge in [0.05, 0.1) is 26.6 Å². The first-order chi connectivity index (χ1) is 9.74. The Bertz CT molecular complexity index is 668. The van der Waals surface area contributed by atoms with E-state index < -0.39 is 5.69 Å². The Labute approximate surface area is 114 Å². The molecule has 0 aliphatic heterocycles. The number of hydrazone groups is 1. The number of anilines is 1. The van der Waals surface area contributed by atoms with Crippen molar-refractivity contribution in [2.45, 2.75) is 0 Å². The molecule has 0 saturated heterocycles. The van der Waals surface area contributed by atoms with Gasteiger partial charge in [0.25, 0.3) is 0 Å². The van der Waals surface area contributed by atoms with E-state index in [2.05, 4.69) is 25.7 Å². The second-order valence-corrected chi connectivity index (χ2v) is 3.62. The minimum Gasteiger partial charge on any atom is -0.493 e. The number of ether oxygens (including phenoxy) is 2. The van der Waals surface area contributed by atoms with E-state index in [0.717, 1.165) is 5.56 Å². The van der Waals surface area contributed by atoms with Crippen molar-refractivity contribution in [1.82, 2.24) is 15.2 Å². The van der Waals surface area contributed by atoms with Crippen LogP contribution in [0.25, 0.3) is 0 Å². The SMILES string of the molecule is COc1cccc(/C=N/Nc2cn[nH]c(=O)n2)c1OC. The van der Waals surface area contributed by atoms with Gasteiger partial charge in [0.2, 0.25) is 0 Å². The van der Waals surface area contributed by atoms with Crippen molar-refractivity contribution in [3.8, 4) is 11.5 Å². The molecule has 0 amide bonds. The molecular formula is C12H13N5O3. The van der Waals surface area contributed by atoms with Gasteiger partial charge in [-0.1, -0.05) is 6.07 Å². The molecule has 0 fully saturated rings. The number of aromatic nitrogens is 3. The molecule has 0 saturated carbocycles. The van der Waals surface area contributed by atoms with Crippen molar-refractivity contribution >= 4 is 12.0 Å². The van der Waals surface area contributed by atoms with E-state index in [1.807, 2.05) is 12.1 Å². The number of hydrogen-bond donors (Lipinski definition) is 2. The van der Waals surface area contributed by atoms with Gasteiger partial charge in [-0.3, -0.25) is 5.43 Å². The van der Waals surface area contributed by atoms with E-state index in [-0.39, 0.29) is 5.82 Å². The summed E-state index contributed by atoms with van der Waals surface area (Å²) >= 11 is 0. The summed E-state index contributed by atoms with van der Waals surface area (Å²) < 4.78 is 10.4. The third kappa shape index (κ3) is 3.10. The van der Waals surface area contributed by atoms with E-state index in [4.69, 9.17) is 9.47 Å². The minimum atomic E-state index is -0.552. The van der Waals surface area contributed by atoms with Crippen molar-refractivity contribution in [1.29, 1.82) is 0 Å². The summed E-state index contributed by atoms with van der Waals surface area (Å²) in [5.74, 6) is 1.41. The van der Waals surface area contributed by atoms with Crippen molar-refractivity contribution in [3.05, 3.63) is 40.4 Å². The van der Waals surface area contributed by atoms with Crippen LogP contribution in [0.15, 0.2) is 34.3 Å². The Morgan fingerprint density at radius 1 is 1.35 bits per heavy atom. The standard InChI is InChI=1S/C12H13N5O3/c1-19-9-5-3-4-8(11(9)20-2)6-13-16-10-7-14-17-12(18)15-10/h3-7H,1-2H3,(H2,15,16,17,18)/b13-6+. The highest BCUT2D eigenvalue weighted by Crippen LogP contribution is 2.29. The van der Waals surface area contributed by atoms with Crippen LogP contribution in [0.1, 0.15) is 5.56 Å². The number of H-pyrrole nitrogens is 1. The first kappa shape index (κ1) is 13.5. The monoisotopic (exact) mass is 275 g/mol. The van der Waals surface area contributed by atoms with Crippen LogP contribution in [0.4, 0.5) is 5.82 Å². The van der Waals surface area contributed by atoms with Gasteiger partial charge in [0, 0.05) is 5.56 Å². The highest BCUT2D eigenvalue weighted by atomic mass is 16.5. The first-order valence-electron chi connectivity index (χ1n) is 5.66. The molecule has 104 valence electrons. The zero-order valence-corrected chi connectivity index (χ0v) is 11.0. The fraction of sp³-hybridized carbons (Fsp3) is 0.167. The Morgan fingerprint density at radius 2 is 2.20 bits per heavy atom. The van der Waals surface area contributed by atoms with Gasteiger partial charge in [-0.05, 0) is 12.1 Å². The number of rotatable bonds is 5. The average molecular weight is 275 g/mol. The fourth-order valence-corrected chi connectivity index (χ4v) is 1.55. The maximum absolute atomic E-state index is 10.9. The zero-order chi connectivity index (χ0) is 14.4. The summed E-state index contributed by atoms with van der Waals surface area (Å²) in [6.07, 6.45) is 2.88. The van der Waals surface area contributed by atoms with Crippen LogP contribution < -0.4 is 20.6 Å². The van der Waals surface area contributed by atoms with Crippen LogP contribution in [0.5, 0.6) is 11.5 Å². The Hall–Kier alpha value is -2.90. The zero-order valence-electron chi connectivity index (χ0n) is 11.0. The van der Waals surface area contributed by atoms with E-state index in [1.165, 1.54) is 12.4 Å². The Morgan fingerprint density at radius 3 is 2.90 bits per heavy atom. The normalized spacial score (nSPS) is 10.5. The van der Waals surface area contributed by atoms with Gasteiger partial charge in [-0.2, -0.15) is 15.2 Å². The third-order valence-corrected chi connectivity index (χ3v) is 2.39. The number of methoxy groups -OCH3 is 2. The average Bonchev–Trinajstić information content (AvgIpc) is 2.47. The third-order valence-electron chi connectivity index (χ3n) is 2.39.